The zero-order valence-electron chi connectivity index (χ0n) is 7.21. The summed E-state index contributed by atoms with van der Waals surface area (Å²) in [5.41, 5.74) is 0. The average molecular weight is 162 g/mol. The third-order valence-corrected chi connectivity index (χ3v) is 1.27. The van der Waals surface area contributed by atoms with Crippen molar-refractivity contribution >= 4 is 0 Å². The molecule has 0 amide bonds. The van der Waals surface area contributed by atoms with Crippen molar-refractivity contribution in [2.45, 2.75) is 19.8 Å². The van der Waals surface area contributed by atoms with Gasteiger partial charge in [-0.25, -0.2) is 0 Å². The van der Waals surface area contributed by atoms with Gasteiger partial charge in [-0.2, -0.15) is 0 Å². The molecule has 0 bridgehead atoms. The maximum atomic E-state index is 8.36. The lowest BCUT2D eigenvalue weighted by molar-refractivity contribution is 0.0811. The smallest absolute Gasteiger partial charge is 0.0697 e. The van der Waals surface area contributed by atoms with E-state index in [1.807, 2.05) is 6.92 Å². The van der Waals surface area contributed by atoms with E-state index in [1.165, 1.54) is 0 Å². The molecule has 0 aliphatic rings. The van der Waals surface area contributed by atoms with Crippen molar-refractivity contribution in [1.82, 2.24) is 0 Å². The predicted molar refractivity (Wildman–Crippen MR) is 43.6 cm³/mol. The van der Waals surface area contributed by atoms with Gasteiger partial charge in [0.1, 0.15) is 0 Å². The first-order chi connectivity index (χ1) is 5.41. The molecule has 3 nitrogen and oxygen atoms in total. The second-order valence-electron chi connectivity index (χ2n) is 2.24. The van der Waals surface area contributed by atoms with Crippen LogP contribution in [-0.2, 0) is 9.47 Å². The number of rotatable bonds is 8. The second-order valence-corrected chi connectivity index (χ2v) is 2.24. The molecule has 0 atom stereocenters. The molecule has 3 heteroatoms. The number of hydrogen-bond acceptors (Lipinski definition) is 3. The Morgan fingerprint density at radius 1 is 1.00 bits per heavy atom. The highest BCUT2D eigenvalue weighted by Gasteiger charge is 1.88. The topological polar surface area (TPSA) is 38.7 Å². The summed E-state index contributed by atoms with van der Waals surface area (Å²) in [4.78, 5) is 0. The van der Waals surface area contributed by atoms with E-state index in [-0.39, 0.29) is 6.61 Å². The van der Waals surface area contributed by atoms with Crippen LogP contribution in [0.25, 0.3) is 0 Å². The molecule has 1 N–H and O–H groups in total. The van der Waals surface area contributed by atoms with Crippen LogP contribution in [0.15, 0.2) is 0 Å². The molecular weight excluding hydrogens is 144 g/mol. The number of aliphatic hydroxyl groups excluding tert-OH is 1. The third kappa shape index (κ3) is 9.88. The van der Waals surface area contributed by atoms with Gasteiger partial charge in [-0.1, -0.05) is 0 Å². The predicted octanol–water partition coefficient (Wildman–Crippen LogP) is 0.812. The van der Waals surface area contributed by atoms with Crippen LogP contribution >= 0.6 is 0 Å². The standard InChI is InChI=1S/C8H18O3/c1-2-10-6-3-4-7-11-8-5-9/h9H,2-8H2,1H3. The van der Waals surface area contributed by atoms with Crippen molar-refractivity contribution in [3.8, 4) is 0 Å². The van der Waals surface area contributed by atoms with Gasteiger partial charge >= 0.3 is 0 Å². The Labute approximate surface area is 68.3 Å². The second kappa shape index (κ2) is 9.88. The maximum Gasteiger partial charge on any atom is 0.0697 e. The van der Waals surface area contributed by atoms with Gasteiger partial charge < -0.3 is 14.6 Å². The lowest BCUT2D eigenvalue weighted by Gasteiger charge is -2.01. The van der Waals surface area contributed by atoms with Crippen LogP contribution in [0.1, 0.15) is 19.8 Å². The summed E-state index contributed by atoms with van der Waals surface area (Å²) < 4.78 is 10.2. The van der Waals surface area contributed by atoms with Crippen LogP contribution in [0.5, 0.6) is 0 Å². The summed E-state index contributed by atoms with van der Waals surface area (Å²) in [6.07, 6.45) is 2.05. The summed E-state index contributed by atoms with van der Waals surface area (Å²) in [5.74, 6) is 0. The highest BCUT2D eigenvalue weighted by molar-refractivity contribution is 4.37. The van der Waals surface area contributed by atoms with Crippen molar-refractivity contribution in [2.24, 2.45) is 0 Å². The van der Waals surface area contributed by atoms with E-state index in [2.05, 4.69) is 0 Å². The SMILES string of the molecule is CCOCCCCOCCO. The molecule has 0 unspecified atom stereocenters. The van der Waals surface area contributed by atoms with Crippen LogP contribution in [0.3, 0.4) is 0 Å². The van der Waals surface area contributed by atoms with Crippen molar-refractivity contribution in [2.75, 3.05) is 33.0 Å². The number of unbranched alkanes of at least 4 members (excludes halogenated alkanes) is 1. The van der Waals surface area contributed by atoms with Gasteiger partial charge in [0.2, 0.25) is 0 Å². The third-order valence-electron chi connectivity index (χ3n) is 1.27. The fourth-order valence-corrected chi connectivity index (χ4v) is 0.719. The molecule has 68 valence electrons. The lowest BCUT2D eigenvalue weighted by atomic mass is 10.3. The van der Waals surface area contributed by atoms with Crippen LogP contribution in [0.4, 0.5) is 0 Å². The van der Waals surface area contributed by atoms with E-state index < -0.39 is 0 Å². The molecule has 0 radical (unpaired) electrons. The van der Waals surface area contributed by atoms with Crippen LogP contribution < -0.4 is 0 Å². The van der Waals surface area contributed by atoms with E-state index in [0.29, 0.717) is 6.61 Å². The molecule has 0 saturated heterocycles. The van der Waals surface area contributed by atoms with E-state index in [4.69, 9.17) is 14.6 Å². The molecular formula is C8H18O3. The molecule has 0 heterocycles. The van der Waals surface area contributed by atoms with Crippen LogP contribution in [0, 0.1) is 0 Å². The minimum Gasteiger partial charge on any atom is -0.394 e. The first-order valence-corrected chi connectivity index (χ1v) is 4.18. The van der Waals surface area contributed by atoms with E-state index in [1.54, 1.807) is 0 Å². The maximum absolute atomic E-state index is 8.36. The molecule has 0 aromatic carbocycles. The Balaban J connectivity index is 2.69. The van der Waals surface area contributed by atoms with Gasteiger partial charge in [-0.05, 0) is 19.8 Å². The first-order valence-electron chi connectivity index (χ1n) is 4.18. The van der Waals surface area contributed by atoms with Gasteiger partial charge in [0, 0.05) is 19.8 Å². The first kappa shape index (κ1) is 10.9. The van der Waals surface area contributed by atoms with Crippen molar-refractivity contribution < 1.29 is 14.6 Å². The molecule has 0 saturated carbocycles. The Morgan fingerprint density at radius 3 is 2.18 bits per heavy atom. The summed E-state index contributed by atoms with van der Waals surface area (Å²) in [6.45, 7) is 4.90. The molecule has 0 aliphatic heterocycles. The highest BCUT2D eigenvalue weighted by atomic mass is 16.5. The quantitative estimate of drug-likeness (QED) is 0.537. The van der Waals surface area contributed by atoms with Crippen molar-refractivity contribution in [3.63, 3.8) is 0 Å². The Hall–Kier alpha value is -0.120. The van der Waals surface area contributed by atoms with Gasteiger partial charge in [0.05, 0.1) is 13.2 Å². The molecule has 0 aliphatic carbocycles. The van der Waals surface area contributed by atoms with Gasteiger partial charge in [0.15, 0.2) is 0 Å². The molecule has 0 spiro atoms. The number of aliphatic hydroxyl groups is 1. The van der Waals surface area contributed by atoms with Crippen LogP contribution in [-0.4, -0.2) is 38.1 Å². The van der Waals surface area contributed by atoms with E-state index >= 15 is 0 Å². The zero-order chi connectivity index (χ0) is 8.36. The number of hydrogen-bond donors (Lipinski definition) is 1. The highest BCUT2D eigenvalue weighted by Crippen LogP contribution is 1.90. The normalized spacial score (nSPS) is 10.4. The largest absolute Gasteiger partial charge is 0.394 e. The Bertz CT molecular complexity index is 58.4. The Morgan fingerprint density at radius 2 is 1.64 bits per heavy atom. The monoisotopic (exact) mass is 162 g/mol. The molecule has 0 aromatic rings. The van der Waals surface area contributed by atoms with Gasteiger partial charge in [-0.3, -0.25) is 0 Å². The molecule has 0 aromatic heterocycles. The summed E-state index contributed by atoms with van der Waals surface area (Å²) >= 11 is 0. The fourth-order valence-electron chi connectivity index (χ4n) is 0.719. The summed E-state index contributed by atoms with van der Waals surface area (Å²) in [7, 11) is 0. The fraction of sp³-hybridized carbons (Fsp3) is 1.00. The van der Waals surface area contributed by atoms with E-state index in [9.17, 15) is 0 Å². The van der Waals surface area contributed by atoms with Crippen molar-refractivity contribution in [1.29, 1.82) is 0 Å². The molecule has 0 rings (SSSR count). The summed E-state index contributed by atoms with van der Waals surface area (Å²) in [5, 5.41) is 8.36. The minimum absolute atomic E-state index is 0.117. The Kier molecular flexibility index (Phi) is 9.77. The average Bonchev–Trinajstić information content (AvgIpc) is 2.03. The lowest BCUT2D eigenvalue weighted by Crippen LogP contribution is -2.02. The van der Waals surface area contributed by atoms with Crippen molar-refractivity contribution in [3.05, 3.63) is 0 Å². The zero-order valence-corrected chi connectivity index (χ0v) is 7.21. The van der Waals surface area contributed by atoms with Gasteiger partial charge in [-0.15, -0.1) is 0 Å². The molecule has 11 heavy (non-hydrogen) atoms. The number of ether oxygens (including phenoxy) is 2. The van der Waals surface area contributed by atoms with Gasteiger partial charge in [0.25, 0.3) is 0 Å². The van der Waals surface area contributed by atoms with Crippen LogP contribution in [0.2, 0.25) is 0 Å². The van der Waals surface area contributed by atoms with E-state index in [0.717, 1.165) is 32.7 Å². The minimum atomic E-state index is 0.117. The molecule has 0 fully saturated rings. The summed E-state index contributed by atoms with van der Waals surface area (Å²) in [6, 6.07) is 0.